The maximum Gasteiger partial charge on any atom is 0.238 e. The van der Waals surface area contributed by atoms with Gasteiger partial charge in [0.15, 0.2) is 21.3 Å². The average molecular weight is 448 g/mol. The van der Waals surface area contributed by atoms with Crippen molar-refractivity contribution in [3.63, 3.8) is 0 Å². The third kappa shape index (κ3) is 6.43. The summed E-state index contributed by atoms with van der Waals surface area (Å²) >= 11 is 0. The molecule has 0 aliphatic carbocycles. The number of ether oxygens (including phenoxy) is 2. The number of rotatable bonds is 8. The summed E-state index contributed by atoms with van der Waals surface area (Å²) in [6.07, 6.45) is 1.10. The number of amides is 2. The Hall–Kier alpha value is -3.11. The van der Waals surface area contributed by atoms with Crippen LogP contribution in [0.2, 0.25) is 0 Å². The monoisotopic (exact) mass is 447 g/mol. The van der Waals surface area contributed by atoms with E-state index in [1.54, 1.807) is 35.2 Å². The molecule has 0 saturated carbocycles. The first-order valence-electron chi connectivity index (χ1n) is 9.76. The van der Waals surface area contributed by atoms with Gasteiger partial charge < -0.3 is 20.1 Å². The minimum Gasteiger partial charge on any atom is -0.486 e. The van der Waals surface area contributed by atoms with Crippen LogP contribution in [0.25, 0.3) is 0 Å². The summed E-state index contributed by atoms with van der Waals surface area (Å²) in [5, 5.41) is 5.46. The number of nitrogens with zero attached hydrogens (tertiary/aromatic N) is 1. The number of anilines is 2. The van der Waals surface area contributed by atoms with Gasteiger partial charge in [0, 0.05) is 23.7 Å². The first-order chi connectivity index (χ1) is 14.7. The van der Waals surface area contributed by atoms with Crippen LogP contribution in [0, 0.1) is 0 Å². The third-order valence-electron chi connectivity index (χ3n) is 4.55. The number of carbonyl (C=O) groups is 2. The Morgan fingerprint density at radius 1 is 0.935 bits per heavy atom. The minimum absolute atomic E-state index is 0.0156. The maximum absolute atomic E-state index is 12.4. The number of hydrogen-bond donors (Lipinski definition) is 2. The van der Waals surface area contributed by atoms with Crippen molar-refractivity contribution in [2.45, 2.75) is 11.8 Å². The Kier molecular flexibility index (Phi) is 7.13. The highest BCUT2D eigenvalue weighted by molar-refractivity contribution is 7.90. The standard InChI is InChI=1S/C21H25N3O6S/c1-3-24(13-20(25)22-15-5-4-6-17(11-15)31(2,27)28)14-21(26)23-16-7-8-18-19(12-16)30-10-9-29-18/h4-8,11-12H,3,9-10,13-14H2,1-2H3,(H,22,25)(H,23,26). The third-order valence-corrected chi connectivity index (χ3v) is 5.66. The summed E-state index contributed by atoms with van der Waals surface area (Å²) in [6.45, 7) is 3.26. The molecule has 9 nitrogen and oxygen atoms in total. The molecule has 31 heavy (non-hydrogen) atoms. The molecule has 0 atom stereocenters. The largest absolute Gasteiger partial charge is 0.486 e. The summed E-state index contributed by atoms with van der Waals surface area (Å²) in [5.74, 6) is 0.591. The van der Waals surface area contributed by atoms with Crippen molar-refractivity contribution in [1.29, 1.82) is 0 Å². The first-order valence-corrected chi connectivity index (χ1v) is 11.7. The number of carbonyl (C=O) groups excluding carboxylic acids is 2. The van der Waals surface area contributed by atoms with Crippen LogP contribution in [0.1, 0.15) is 6.92 Å². The molecule has 0 bridgehead atoms. The van der Waals surface area contributed by atoms with Crippen LogP contribution in [0.4, 0.5) is 11.4 Å². The Morgan fingerprint density at radius 3 is 2.16 bits per heavy atom. The quantitative estimate of drug-likeness (QED) is 0.634. The summed E-state index contributed by atoms with van der Waals surface area (Å²) in [7, 11) is -3.37. The van der Waals surface area contributed by atoms with Crippen LogP contribution < -0.4 is 20.1 Å². The zero-order chi connectivity index (χ0) is 22.4. The van der Waals surface area contributed by atoms with Crippen molar-refractivity contribution in [3.05, 3.63) is 42.5 Å². The minimum atomic E-state index is -3.37. The SMILES string of the molecule is CCN(CC(=O)Nc1cccc(S(C)(=O)=O)c1)CC(=O)Nc1ccc2c(c1)OCCO2. The molecule has 2 aromatic rings. The zero-order valence-electron chi connectivity index (χ0n) is 17.4. The zero-order valence-corrected chi connectivity index (χ0v) is 18.2. The number of hydrogen-bond acceptors (Lipinski definition) is 7. The highest BCUT2D eigenvalue weighted by Crippen LogP contribution is 2.32. The number of sulfone groups is 1. The number of benzene rings is 2. The lowest BCUT2D eigenvalue weighted by Gasteiger charge is -2.21. The van der Waals surface area contributed by atoms with Crippen molar-refractivity contribution in [2.75, 3.05) is 49.7 Å². The van der Waals surface area contributed by atoms with Crippen LogP contribution >= 0.6 is 0 Å². The predicted molar refractivity (Wildman–Crippen MR) is 116 cm³/mol. The molecule has 166 valence electrons. The Labute approximate surface area is 181 Å². The topological polar surface area (TPSA) is 114 Å². The van der Waals surface area contributed by atoms with Gasteiger partial charge in [0.25, 0.3) is 0 Å². The summed E-state index contributed by atoms with van der Waals surface area (Å²) in [4.78, 5) is 26.6. The van der Waals surface area contributed by atoms with E-state index in [2.05, 4.69) is 10.6 Å². The highest BCUT2D eigenvalue weighted by Gasteiger charge is 2.16. The molecule has 0 unspecified atom stereocenters. The summed E-state index contributed by atoms with van der Waals surface area (Å²) < 4.78 is 34.3. The Balaban J connectivity index is 1.55. The molecule has 3 rings (SSSR count). The van der Waals surface area contributed by atoms with E-state index >= 15 is 0 Å². The van der Waals surface area contributed by atoms with Gasteiger partial charge in [0.1, 0.15) is 13.2 Å². The van der Waals surface area contributed by atoms with Crippen molar-refractivity contribution in [1.82, 2.24) is 4.90 Å². The second-order valence-corrected chi connectivity index (χ2v) is 9.07. The molecule has 0 aromatic heterocycles. The van der Waals surface area contributed by atoms with Gasteiger partial charge in [-0.15, -0.1) is 0 Å². The van der Waals surface area contributed by atoms with E-state index in [9.17, 15) is 18.0 Å². The van der Waals surface area contributed by atoms with Crippen LogP contribution in [0.15, 0.2) is 47.4 Å². The van der Waals surface area contributed by atoms with E-state index in [4.69, 9.17) is 9.47 Å². The van der Waals surface area contributed by atoms with E-state index in [1.807, 2.05) is 6.92 Å². The van der Waals surface area contributed by atoms with Gasteiger partial charge in [0.05, 0.1) is 18.0 Å². The van der Waals surface area contributed by atoms with Crippen molar-refractivity contribution in [3.8, 4) is 11.5 Å². The number of nitrogens with one attached hydrogen (secondary N) is 2. The fraction of sp³-hybridized carbons (Fsp3) is 0.333. The normalized spacial score (nSPS) is 13.0. The van der Waals surface area contributed by atoms with E-state index in [0.29, 0.717) is 42.6 Å². The van der Waals surface area contributed by atoms with Crippen LogP contribution in [-0.4, -0.2) is 64.2 Å². The van der Waals surface area contributed by atoms with Gasteiger partial charge in [-0.2, -0.15) is 0 Å². The van der Waals surface area contributed by atoms with Gasteiger partial charge in [-0.05, 0) is 36.9 Å². The summed E-state index contributed by atoms with van der Waals surface area (Å²) in [5.41, 5.74) is 0.956. The van der Waals surface area contributed by atoms with Crippen LogP contribution in [0.5, 0.6) is 11.5 Å². The predicted octanol–water partition coefficient (Wildman–Crippen LogP) is 1.76. The molecular weight excluding hydrogens is 422 g/mol. The molecule has 10 heteroatoms. The molecule has 1 aliphatic heterocycles. The molecular formula is C21H25N3O6S. The lowest BCUT2D eigenvalue weighted by molar-refractivity contribution is -0.119. The van der Waals surface area contributed by atoms with Crippen molar-refractivity contribution >= 4 is 33.0 Å². The molecule has 1 heterocycles. The second kappa shape index (κ2) is 9.80. The van der Waals surface area contributed by atoms with Crippen molar-refractivity contribution < 1.29 is 27.5 Å². The first kappa shape index (κ1) is 22.6. The molecule has 0 radical (unpaired) electrons. The van der Waals surface area contributed by atoms with Crippen LogP contribution in [0.3, 0.4) is 0 Å². The lowest BCUT2D eigenvalue weighted by Crippen LogP contribution is -2.38. The summed E-state index contributed by atoms with van der Waals surface area (Å²) in [6, 6.07) is 11.2. The maximum atomic E-state index is 12.4. The number of likely N-dealkylation sites (N-methyl/N-ethyl adjacent to an activating group) is 1. The Bertz CT molecular complexity index is 1070. The smallest absolute Gasteiger partial charge is 0.238 e. The van der Waals surface area contributed by atoms with Crippen LogP contribution in [-0.2, 0) is 19.4 Å². The van der Waals surface area contributed by atoms with Gasteiger partial charge in [0.2, 0.25) is 11.8 Å². The van der Waals surface area contributed by atoms with E-state index in [0.717, 1.165) is 6.26 Å². The van der Waals surface area contributed by atoms with Gasteiger partial charge in [-0.3, -0.25) is 14.5 Å². The van der Waals surface area contributed by atoms with Gasteiger partial charge >= 0.3 is 0 Å². The fourth-order valence-electron chi connectivity index (χ4n) is 3.01. The molecule has 0 saturated heterocycles. The van der Waals surface area contributed by atoms with Gasteiger partial charge in [-0.25, -0.2) is 8.42 Å². The molecule has 1 aliphatic rings. The van der Waals surface area contributed by atoms with E-state index in [1.165, 1.54) is 12.1 Å². The molecule has 2 aromatic carbocycles. The van der Waals surface area contributed by atoms with Gasteiger partial charge in [-0.1, -0.05) is 13.0 Å². The highest BCUT2D eigenvalue weighted by atomic mass is 32.2. The molecule has 2 amide bonds. The van der Waals surface area contributed by atoms with E-state index < -0.39 is 9.84 Å². The molecule has 0 fully saturated rings. The molecule has 0 spiro atoms. The fourth-order valence-corrected chi connectivity index (χ4v) is 3.68. The number of fused-ring (bicyclic) bond motifs is 1. The Morgan fingerprint density at radius 2 is 1.55 bits per heavy atom. The van der Waals surface area contributed by atoms with Crippen molar-refractivity contribution in [2.24, 2.45) is 0 Å². The lowest BCUT2D eigenvalue weighted by atomic mass is 10.2. The second-order valence-electron chi connectivity index (χ2n) is 7.06. The molecule has 2 N–H and O–H groups in total. The average Bonchev–Trinajstić information content (AvgIpc) is 2.72. The van der Waals surface area contributed by atoms with E-state index in [-0.39, 0.29) is 29.8 Å².